The SMILES string of the molecule is COCCN1CN(C(=O)c2cn[nH]c2)CC1=O. The normalized spacial score (nSPS) is 15.7. The van der Waals surface area contributed by atoms with Gasteiger partial charge >= 0.3 is 0 Å². The molecule has 0 aromatic carbocycles. The second-order valence-corrected chi connectivity index (χ2v) is 3.78. The third-order valence-corrected chi connectivity index (χ3v) is 2.62. The third kappa shape index (κ3) is 2.44. The van der Waals surface area contributed by atoms with Gasteiger partial charge in [-0.1, -0.05) is 0 Å². The fourth-order valence-corrected chi connectivity index (χ4v) is 1.68. The van der Waals surface area contributed by atoms with Crippen LogP contribution in [0.4, 0.5) is 0 Å². The Bertz CT molecular complexity index is 404. The maximum Gasteiger partial charge on any atom is 0.258 e. The molecular weight excluding hydrogens is 224 g/mol. The zero-order valence-corrected chi connectivity index (χ0v) is 9.55. The number of carbonyl (C=O) groups is 2. The van der Waals surface area contributed by atoms with Crippen LogP contribution in [-0.2, 0) is 9.53 Å². The van der Waals surface area contributed by atoms with Gasteiger partial charge in [-0.2, -0.15) is 5.10 Å². The van der Waals surface area contributed by atoms with Crippen LogP contribution in [0.5, 0.6) is 0 Å². The Morgan fingerprint density at radius 1 is 1.65 bits per heavy atom. The molecule has 1 aromatic rings. The lowest BCUT2D eigenvalue weighted by Crippen LogP contribution is -2.32. The number of ether oxygens (including phenoxy) is 1. The van der Waals surface area contributed by atoms with Crippen LogP contribution in [0.2, 0.25) is 0 Å². The Labute approximate surface area is 98.3 Å². The number of hydrogen-bond acceptors (Lipinski definition) is 4. The average molecular weight is 238 g/mol. The van der Waals surface area contributed by atoms with Gasteiger partial charge in [0.25, 0.3) is 5.91 Å². The largest absolute Gasteiger partial charge is 0.383 e. The van der Waals surface area contributed by atoms with Crippen LogP contribution >= 0.6 is 0 Å². The standard InChI is InChI=1S/C10H14N4O3/c1-17-3-2-13-7-14(6-9(13)15)10(16)8-4-11-12-5-8/h4-5H,2-3,6-7H2,1H3,(H,11,12). The zero-order chi connectivity index (χ0) is 12.3. The summed E-state index contributed by atoms with van der Waals surface area (Å²) in [6, 6.07) is 0. The van der Waals surface area contributed by atoms with E-state index in [1.807, 2.05) is 0 Å². The van der Waals surface area contributed by atoms with Crippen LogP contribution in [0, 0.1) is 0 Å². The zero-order valence-electron chi connectivity index (χ0n) is 9.55. The minimum Gasteiger partial charge on any atom is -0.383 e. The molecule has 1 aromatic heterocycles. The molecule has 1 fully saturated rings. The molecule has 0 bridgehead atoms. The predicted molar refractivity (Wildman–Crippen MR) is 58.1 cm³/mol. The Morgan fingerprint density at radius 3 is 3.12 bits per heavy atom. The summed E-state index contributed by atoms with van der Waals surface area (Å²) in [5.41, 5.74) is 0.464. The summed E-state index contributed by atoms with van der Waals surface area (Å²) in [4.78, 5) is 26.6. The van der Waals surface area contributed by atoms with Crippen molar-refractivity contribution in [3.8, 4) is 0 Å². The molecule has 1 N–H and O–H groups in total. The molecule has 0 unspecified atom stereocenters. The van der Waals surface area contributed by atoms with Crippen LogP contribution in [0.1, 0.15) is 10.4 Å². The van der Waals surface area contributed by atoms with E-state index in [9.17, 15) is 9.59 Å². The Hall–Kier alpha value is -1.89. The molecule has 2 heterocycles. The first kappa shape index (κ1) is 11.6. The number of aromatic nitrogens is 2. The monoisotopic (exact) mass is 238 g/mol. The van der Waals surface area contributed by atoms with E-state index in [4.69, 9.17) is 4.74 Å². The van der Waals surface area contributed by atoms with Gasteiger partial charge in [0, 0.05) is 19.9 Å². The van der Waals surface area contributed by atoms with E-state index in [2.05, 4.69) is 10.2 Å². The van der Waals surface area contributed by atoms with Crippen molar-refractivity contribution in [2.75, 3.05) is 33.5 Å². The summed E-state index contributed by atoms with van der Waals surface area (Å²) in [6.07, 6.45) is 2.97. The quantitative estimate of drug-likeness (QED) is 0.752. The summed E-state index contributed by atoms with van der Waals surface area (Å²) < 4.78 is 4.91. The second-order valence-electron chi connectivity index (χ2n) is 3.78. The van der Waals surface area contributed by atoms with Crippen molar-refractivity contribution >= 4 is 11.8 Å². The molecule has 1 aliphatic rings. The topological polar surface area (TPSA) is 78.5 Å². The van der Waals surface area contributed by atoms with E-state index < -0.39 is 0 Å². The summed E-state index contributed by atoms with van der Waals surface area (Å²) in [5.74, 6) is -0.245. The fourth-order valence-electron chi connectivity index (χ4n) is 1.68. The molecule has 0 spiro atoms. The van der Waals surface area contributed by atoms with E-state index in [1.165, 1.54) is 17.3 Å². The highest BCUT2D eigenvalue weighted by Crippen LogP contribution is 2.10. The Morgan fingerprint density at radius 2 is 2.47 bits per heavy atom. The maximum absolute atomic E-state index is 11.9. The molecular formula is C10H14N4O3. The minimum absolute atomic E-state index is 0.0566. The number of nitrogens with zero attached hydrogens (tertiary/aromatic N) is 3. The van der Waals surface area contributed by atoms with Crippen molar-refractivity contribution in [2.45, 2.75) is 0 Å². The van der Waals surface area contributed by atoms with Gasteiger partial charge in [0.1, 0.15) is 6.54 Å². The van der Waals surface area contributed by atoms with Crippen LogP contribution in [-0.4, -0.2) is 65.3 Å². The van der Waals surface area contributed by atoms with Crippen molar-refractivity contribution in [3.05, 3.63) is 18.0 Å². The summed E-state index contributed by atoms with van der Waals surface area (Å²) in [6.45, 7) is 1.41. The van der Waals surface area contributed by atoms with E-state index in [1.54, 1.807) is 12.0 Å². The first-order valence-electron chi connectivity index (χ1n) is 5.27. The fraction of sp³-hybridized carbons (Fsp3) is 0.500. The molecule has 7 nitrogen and oxygen atoms in total. The molecule has 0 atom stereocenters. The lowest BCUT2D eigenvalue weighted by Gasteiger charge is -2.17. The van der Waals surface area contributed by atoms with Gasteiger partial charge in [-0.25, -0.2) is 0 Å². The van der Waals surface area contributed by atoms with Gasteiger partial charge in [-0.3, -0.25) is 14.7 Å². The minimum atomic E-state index is -0.188. The van der Waals surface area contributed by atoms with Gasteiger partial charge in [0.2, 0.25) is 5.91 Å². The molecule has 0 aliphatic carbocycles. The summed E-state index contributed by atoms with van der Waals surface area (Å²) in [5, 5.41) is 6.29. The van der Waals surface area contributed by atoms with Crippen molar-refractivity contribution in [3.63, 3.8) is 0 Å². The molecule has 0 saturated carbocycles. The number of hydrogen-bond donors (Lipinski definition) is 1. The molecule has 17 heavy (non-hydrogen) atoms. The molecule has 92 valence electrons. The van der Waals surface area contributed by atoms with Crippen LogP contribution < -0.4 is 0 Å². The van der Waals surface area contributed by atoms with Crippen LogP contribution in [0.25, 0.3) is 0 Å². The van der Waals surface area contributed by atoms with Gasteiger partial charge in [0.15, 0.2) is 0 Å². The molecule has 1 saturated heterocycles. The lowest BCUT2D eigenvalue weighted by atomic mass is 10.3. The highest BCUT2D eigenvalue weighted by molar-refractivity contribution is 5.97. The van der Waals surface area contributed by atoms with Gasteiger partial charge < -0.3 is 14.5 Å². The second kappa shape index (κ2) is 4.96. The lowest BCUT2D eigenvalue weighted by molar-refractivity contribution is -0.127. The third-order valence-electron chi connectivity index (χ3n) is 2.62. The molecule has 2 amide bonds. The van der Waals surface area contributed by atoms with Gasteiger partial charge in [0.05, 0.1) is 25.0 Å². The number of methoxy groups -OCH3 is 1. The highest BCUT2D eigenvalue weighted by Gasteiger charge is 2.31. The molecule has 2 rings (SSSR count). The Kier molecular flexibility index (Phi) is 3.38. The average Bonchev–Trinajstić information content (AvgIpc) is 2.95. The Balaban J connectivity index is 1.96. The van der Waals surface area contributed by atoms with Crippen molar-refractivity contribution in [1.82, 2.24) is 20.0 Å². The highest BCUT2D eigenvalue weighted by atomic mass is 16.5. The van der Waals surface area contributed by atoms with E-state index in [-0.39, 0.29) is 18.4 Å². The predicted octanol–water partition coefficient (Wildman–Crippen LogP) is -0.702. The van der Waals surface area contributed by atoms with Gasteiger partial charge in [-0.05, 0) is 0 Å². The van der Waals surface area contributed by atoms with Gasteiger partial charge in [-0.15, -0.1) is 0 Å². The number of amides is 2. The molecule has 7 heteroatoms. The number of rotatable bonds is 4. The summed E-state index contributed by atoms with van der Waals surface area (Å²) >= 11 is 0. The van der Waals surface area contributed by atoms with E-state index in [0.717, 1.165) is 0 Å². The molecule has 0 radical (unpaired) electrons. The number of carbonyl (C=O) groups excluding carboxylic acids is 2. The smallest absolute Gasteiger partial charge is 0.258 e. The van der Waals surface area contributed by atoms with E-state index in [0.29, 0.717) is 25.4 Å². The van der Waals surface area contributed by atoms with Crippen molar-refractivity contribution in [1.29, 1.82) is 0 Å². The first-order chi connectivity index (χ1) is 8.22. The van der Waals surface area contributed by atoms with Crippen LogP contribution in [0.3, 0.4) is 0 Å². The summed E-state index contributed by atoms with van der Waals surface area (Å²) in [7, 11) is 1.58. The number of aromatic amines is 1. The maximum atomic E-state index is 11.9. The van der Waals surface area contributed by atoms with E-state index >= 15 is 0 Å². The molecule has 1 aliphatic heterocycles. The number of H-pyrrole nitrogens is 1. The van der Waals surface area contributed by atoms with Crippen LogP contribution in [0.15, 0.2) is 12.4 Å². The van der Waals surface area contributed by atoms with Crippen molar-refractivity contribution < 1.29 is 14.3 Å². The number of nitrogens with one attached hydrogen (secondary N) is 1. The first-order valence-corrected chi connectivity index (χ1v) is 5.27. The van der Waals surface area contributed by atoms with Crippen molar-refractivity contribution in [2.24, 2.45) is 0 Å².